The number of ether oxygens (including phenoxy) is 1. The summed E-state index contributed by atoms with van der Waals surface area (Å²) in [5.41, 5.74) is 5.42. The van der Waals surface area contributed by atoms with Gasteiger partial charge in [-0.3, -0.25) is 9.36 Å². The van der Waals surface area contributed by atoms with Crippen molar-refractivity contribution in [2.24, 2.45) is 5.10 Å². The fraction of sp³-hybridized carbons (Fsp3) is 0.167. The van der Waals surface area contributed by atoms with Crippen LogP contribution >= 0.6 is 0 Å². The van der Waals surface area contributed by atoms with Crippen molar-refractivity contribution in [3.63, 3.8) is 0 Å². The molecule has 0 fully saturated rings. The molecule has 2 aromatic carbocycles. The van der Waals surface area contributed by atoms with Gasteiger partial charge in [0.1, 0.15) is 5.75 Å². The Kier molecular flexibility index (Phi) is 5.85. The van der Waals surface area contributed by atoms with Gasteiger partial charge in [0.25, 0.3) is 5.56 Å². The van der Waals surface area contributed by atoms with Crippen molar-refractivity contribution in [2.75, 3.05) is 12.5 Å². The lowest BCUT2D eigenvalue weighted by molar-refractivity contribution is 0.412. The molecule has 0 aliphatic rings. The molecule has 32 heavy (non-hydrogen) atoms. The maximum Gasteiger partial charge on any atom is 0.261 e. The van der Waals surface area contributed by atoms with Crippen LogP contribution in [-0.4, -0.2) is 33.0 Å². The van der Waals surface area contributed by atoms with Crippen LogP contribution in [0.1, 0.15) is 22.5 Å². The summed E-state index contributed by atoms with van der Waals surface area (Å²) in [5.74, 6) is 0.904. The Balaban J connectivity index is 1.74. The number of fused-ring (bicyclic) bond motifs is 1. The Morgan fingerprint density at radius 3 is 2.38 bits per heavy atom. The van der Waals surface area contributed by atoms with E-state index in [4.69, 9.17) is 4.74 Å². The molecule has 0 amide bonds. The summed E-state index contributed by atoms with van der Waals surface area (Å²) >= 11 is 0. The average Bonchev–Trinajstić information content (AvgIpc) is 2.78. The van der Waals surface area contributed by atoms with Crippen molar-refractivity contribution in [3.05, 3.63) is 87.5 Å². The second-order valence-corrected chi connectivity index (χ2v) is 7.37. The number of methoxy groups -OCH3 is 1. The summed E-state index contributed by atoms with van der Waals surface area (Å²) in [6.45, 7) is 3.95. The van der Waals surface area contributed by atoms with Crippen LogP contribution in [-0.2, 0) is 6.54 Å². The lowest BCUT2D eigenvalue weighted by Gasteiger charge is -2.14. The summed E-state index contributed by atoms with van der Waals surface area (Å²) in [4.78, 5) is 21.7. The number of anilines is 1. The predicted molar refractivity (Wildman–Crippen MR) is 125 cm³/mol. The van der Waals surface area contributed by atoms with Gasteiger partial charge in [0.2, 0.25) is 11.8 Å². The number of nitrogens with one attached hydrogen (secondary N) is 1. The SMILES string of the molecule is COc1ccc(Cn2c(O)c(C=NNc3nc(C)cc(C)n3)c3ccccc3c2=O)cc1. The van der Waals surface area contributed by atoms with Gasteiger partial charge in [0, 0.05) is 22.2 Å². The molecule has 162 valence electrons. The normalized spacial score (nSPS) is 11.2. The van der Waals surface area contributed by atoms with E-state index in [0.29, 0.717) is 22.3 Å². The molecule has 0 saturated carbocycles. The Bertz CT molecular complexity index is 1340. The average molecular weight is 429 g/mol. The van der Waals surface area contributed by atoms with Gasteiger partial charge in [-0.25, -0.2) is 15.4 Å². The Labute approximate surface area is 184 Å². The Hall–Kier alpha value is -4.20. The first kappa shape index (κ1) is 21.0. The Morgan fingerprint density at radius 2 is 1.72 bits per heavy atom. The Morgan fingerprint density at radius 1 is 1.06 bits per heavy atom. The second kappa shape index (κ2) is 8.89. The fourth-order valence-electron chi connectivity index (χ4n) is 3.53. The molecule has 0 bridgehead atoms. The summed E-state index contributed by atoms with van der Waals surface area (Å²) in [5, 5.41) is 16.3. The van der Waals surface area contributed by atoms with Crippen molar-refractivity contribution in [3.8, 4) is 11.6 Å². The summed E-state index contributed by atoms with van der Waals surface area (Å²) in [7, 11) is 1.59. The van der Waals surface area contributed by atoms with Crippen LogP contribution in [0.15, 0.2) is 64.5 Å². The third-order valence-corrected chi connectivity index (χ3v) is 5.03. The zero-order chi connectivity index (χ0) is 22.7. The maximum absolute atomic E-state index is 13.1. The minimum absolute atomic E-state index is 0.170. The van der Waals surface area contributed by atoms with Crippen LogP contribution < -0.4 is 15.7 Å². The molecule has 0 aliphatic heterocycles. The molecule has 4 rings (SSSR count). The minimum atomic E-state index is -0.281. The van der Waals surface area contributed by atoms with Gasteiger partial charge in [0.15, 0.2) is 0 Å². The topological polar surface area (TPSA) is 102 Å². The van der Waals surface area contributed by atoms with Crippen LogP contribution in [0.25, 0.3) is 10.8 Å². The van der Waals surface area contributed by atoms with Crippen LogP contribution in [0.4, 0.5) is 5.95 Å². The summed E-state index contributed by atoms with van der Waals surface area (Å²) in [6, 6.07) is 16.3. The third-order valence-electron chi connectivity index (χ3n) is 5.03. The molecule has 0 spiro atoms. The zero-order valence-corrected chi connectivity index (χ0v) is 18.0. The molecule has 2 heterocycles. The second-order valence-electron chi connectivity index (χ2n) is 7.37. The van der Waals surface area contributed by atoms with Gasteiger partial charge in [-0.2, -0.15) is 5.10 Å². The van der Waals surface area contributed by atoms with Crippen molar-refractivity contribution >= 4 is 22.9 Å². The number of pyridine rings is 1. The number of nitrogens with zero attached hydrogens (tertiary/aromatic N) is 4. The summed E-state index contributed by atoms with van der Waals surface area (Å²) < 4.78 is 6.52. The molecule has 0 atom stereocenters. The number of hydrogen-bond donors (Lipinski definition) is 2. The van der Waals surface area contributed by atoms with Gasteiger partial charge >= 0.3 is 0 Å². The molecule has 0 radical (unpaired) electrons. The largest absolute Gasteiger partial charge is 0.497 e. The molecular formula is C24H23N5O3. The van der Waals surface area contributed by atoms with Crippen molar-refractivity contribution in [1.82, 2.24) is 14.5 Å². The number of aromatic hydroxyl groups is 1. The van der Waals surface area contributed by atoms with E-state index in [1.165, 1.54) is 10.8 Å². The quantitative estimate of drug-likeness (QED) is 0.359. The molecule has 0 aliphatic carbocycles. The molecule has 8 heteroatoms. The zero-order valence-electron chi connectivity index (χ0n) is 18.0. The monoisotopic (exact) mass is 429 g/mol. The summed E-state index contributed by atoms with van der Waals surface area (Å²) in [6.07, 6.45) is 1.47. The highest BCUT2D eigenvalue weighted by molar-refractivity contribution is 6.01. The first-order valence-corrected chi connectivity index (χ1v) is 10.0. The smallest absolute Gasteiger partial charge is 0.261 e. The van der Waals surface area contributed by atoms with E-state index in [9.17, 15) is 9.90 Å². The first-order chi connectivity index (χ1) is 15.5. The number of benzene rings is 2. The highest BCUT2D eigenvalue weighted by Gasteiger charge is 2.15. The number of rotatable bonds is 6. The number of hydrogen-bond acceptors (Lipinski definition) is 7. The first-order valence-electron chi connectivity index (χ1n) is 10.0. The predicted octanol–water partition coefficient (Wildman–Crippen LogP) is 3.62. The van der Waals surface area contributed by atoms with E-state index in [1.807, 2.05) is 50.2 Å². The van der Waals surface area contributed by atoms with Crippen LogP contribution in [0.5, 0.6) is 11.6 Å². The standard InChI is InChI=1S/C24H23N5O3/c1-15-12-16(2)27-24(26-15)28-25-13-21-19-6-4-5-7-20(19)22(30)29(23(21)31)14-17-8-10-18(32-3)11-9-17/h4-13,31H,14H2,1-3H3,(H,26,27,28). The van der Waals surface area contributed by atoms with E-state index in [1.54, 1.807) is 25.3 Å². The van der Waals surface area contributed by atoms with Crippen molar-refractivity contribution in [2.45, 2.75) is 20.4 Å². The third kappa shape index (κ3) is 4.29. The van der Waals surface area contributed by atoms with Crippen molar-refractivity contribution in [1.29, 1.82) is 0 Å². The molecule has 0 unspecified atom stereocenters. The molecule has 4 aromatic rings. The molecule has 2 aromatic heterocycles. The van der Waals surface area contributed by atoms with E-state index in [0.717, 1.165) is 22.7 Å². The number of aromatic nitrogens is 3. The van der Waals surface area contributed by atoms with Gasteiger partial charge in [-0.05, 0) is 43.7 Å². The van der Waals surface area contributed by atoms with Crippen LogP contribution in [0.2, 0.25) is 0 Å². The minimum Gasteiger partial charge on any atom is -0.497 e. The number of hydrazone groups is 1. The van der Waals surface area contributed by atoms with E-state index >= 15 is 0 Å². The lowest BCUT2D eigenvalue weighted by atomic mass is 10.1. The van der Waals surface area contributed by atoms with E-state index < -0.39 is 0 Å². The van der Waals surface area contributed by atoms with E-state index in [-0.39, 0.29) is 18.0 Å². The van der Waals surface area contributed by atoms with E-state index in [2.05, 4.69) is 20.5 Å². The van der Waals surface area contributed by atoms with Crippen LogP contribution in [0.3, 0.4) is 0 Å². The fourth-order valence-corrected chi connectivity index (χ4v) is 3.53. The molecule has 8 nitrogen and oxygen atoms in total. The number of aryl methyl sites for hydroxylation is 2. The van der Waals surface area contributed by atoms with Crippen LogP contribution in [0, 0.1) is 13.8 Å². The van der Waals surface area contributed by atoms with Gasteiger partial charge in [0.05, 0.1) is 25.4 Å². The highest BCUT2D eigenvalue weighted by Crippen LogP contribution is 2.24. The molecular weight excluding hydrogens is 406 g/mol. The van der Waals surface area contributed by atoms with Gasteiger partial charge in [-0.1, -0.05) is 30.3 Å². The molecule has 2 N–H and O–H groups in total. The van der Waals surface area contributed by atoms with Crippen molar-refractivity contribution < 1.29 is 9.84 Å². The van der Waals surface area contributed by atoms with Gasteiger partial charge < -0.3 is 9.84 Å². The molecule has 0 saturated heterocycles. The lowest BCUT2D eigenvalue weighted by Crippen LogP contribution is -2.22. The maximum atomic E-state index is 13.1. The van der Waals surface area contributed by atoms with Gasteiger partial charge in [-0.15, -0.1) is 0 Å². The highest BCUT2D eigenvalue weighted by atomic mass is 16.5.